The quantitative estimate of drug-likeness (QED) is 0.347. The number of furan rings is 1. The molecule has 0 saturated heterocycles. The molecule has 0 radical (unpaired) electrons. The number of unbranched alkanes of at least 4 members (excludes halogenated alkanes) is 1. The number of nitrogen functional groups attached to an aromatic ring is 1. The van der Waals surface area contributed by atoms with Gasteiger partial charge in [-0.1, -0.05) is 13.3 Å². The van der Waals surface area contributed by atoms with Crippen LogP contribution in [-0.4, -0.2) is 25.0 Å². The number of amides is 1. The zero-order valence-electron chi connectivity index (χ0n) is 20.1. The van der Waals surface area contributed by atoms with E-state index in [1.54, 1.807) is 42.6 Å². The number of hydrogen-bond donors (Lipinski definition) is 2. The van der Waals surface area contributed by atoms with Crippen molar-refractivity contribution in [3.05, 3.63) is 93.0 Å². The molecule has 0 bridgehead atoms. The van der Waals surface area contributed by atoms with Gasteiger partial charge in [0.15, 0.2) is 5.69 Å². The van der Waals surface area contributed by atoms with Crippen LogP contribution in [0.5, 0.6) is 5.75 Å². The van der Waals surface area contributed by atoms with Crippen molar-refractivity contribution >= 4 is 17.4 Å². The SMILES string of the molecule is CCCCn1c(N)c(N(Cc2ccco2)C(=O)c2ccc(OCc3nccn3C)cc2)c(=O)[nH]c1=O. The van der Waals surface area contributed by atoms with Gasteiger partial charge in [0.25, 0.3) is 11.5 Å². The number of carbonyl (C=O) groups excluding carboxylic acids is 1. The summed E-state index contributed by atoms with van der Waals surface area (Å²) in [6.07, 6.45) is 6.49. The van der Waals surface area contributed by atoms with E-state index >= 15 is 0 Å². The number of rotatable bonds is 10. The van der Waals surface area contributed by atoms with Crippen LogP contribution in [-0.2, 0) is 26.7 Å². The molecular weight excluding hydrogens is 464 g/mol. The predicted molar refractivity (Wildman–Crippen MR) is 134 cm³/mol. The third-order valence-corrected chi connectivity index (χ3v) is 5.75. The average Bonchev–Trinajstić information content (AvgIpc) is 3.53. The van der Waals surface area contributed by atoms with Gasteiger partial charge in [-0.25, -0.2) is 9.78 Å². The third kappa shape index (κ3) is 5.24. The second kappa shape index (κ2) is 10.8. The fraction of sp³-hybridized carbons (Fsp3) is 0.280. The summed E-state index contributed by atoms with van der Waals surface area (Å²) in [6, 6.07) is 9.90. The fourth-order valence-corrected chi connectivity index (χ4v) is 3.72. The highest BCUT2D eigenvalue weighted by Gasteiger charge is 2.26. The zero-order valence-corrected chi connectivity index (χ0v) is 20.1. The summed E-state index contributed by atoms with van der Waals surface area (Å²) in [7, 11) is 1.87. The molecule has 1 amide bonds. The first-order chi connectivity index (χ1) is 17.4. The molecule has 4 rings (SSSR count). The van der Waals surface area contributed by atoms with Gasteiger partial charge in [-0.15, -0.1) is 0 Å². The van der Waals surface area contributed by atoms with E-state index in [0.717, 1.165) is 12.2 Å². The van der Waals surface area contributed by atoms with Crippen LogP contribution in [0.25, 0.3) is 0 Å². The molecule has 0 saturated carbocycles. The molecule has 0 atom stereocenters. The first-order valence-electron chi connectivity index (χ1n) is 11.5. The number of aromatic amines is 1. The minimum absolute atomic E-state index is 0.0531. The Morgan fingerprint density at radius 1 is 1.22 bits per heavy atom. The minimum Gasteiger partial charge on any atom is -0.486 e. The largest absolute Gasteiger partial charge is 0.486 e. The van der Waals surface area contributed by atoms with Gasteiger partial charge in [0.2, 0.25) is 0 Å². The van der Waals surface area contributed by atoms with Gasteiger partial charge >= 0.3 is 5.69 Å². The van der Waals surface area contributed by atoms with Crippen LogP contribution in [0.3, 0.4) is 0 Å². The van der Waals surface area contributed by atoms with Crippen molar-refractivity contribution in [3.8, 4) is 5.75 Å². The van der Waals surface area contributed by atoms with Gasteiger partial charge in [0, 0.05) is 31.5 Å². The van der Waals surface area contributed by atoms with E-state index in [0.29, 0.717) is 30.0 Å². The molecule has 188 valence electrons. The van der Waals surface area contributed by atoms with Crippen molar-refractivity contribution in [2.75, 3.05) is 10.6 Å². The van der Waals surface area contributed by atoms with Crippen LogP contribution in [0.1, 0.15) is 41.7 Å². The molecule has 0 unspecified atom stereocenters. The number of anilines is 2. The highest BCUT2D eigenvalue weighted by Crippen LogP contribution is 2.24. The summed E-state index contributed by atoms with van der Waals surface area (Å²) in [5.74, 6) is 1.20. The number of benzene rings is 1. The maximum absolute atomic E-state index is 13.6. The van der Waals surface area contributed by atoms with Crippen LogP contribution in [0, 0.1) is 0 Å². The van der Waals surface area contributed by atoms with Gasteiger partial charge in [-0.05, 0) is 42.8 Å². The molecule has 0 spiro atoms. The fourth-order valence-electron chi connectivity index (χ4n) is 3.72. The Bertz CT molecular complexity index is 1430. The number of hydrogen-bond acceptors (Lipinski definition) is 7. The van der Waals surface area contributed by atoms with Crippen molar-refractivity contribution in [1.29, 1.82) is 0 Å². The molecule has 0 aliphatic carbocycles. The Kier molecular flexibility index (Phi) is 7.38. The lowest BCUT2D eigenvalue weighted by molar-refractivity contribution is 0.0983. The van der Waals surface area contributed by atoms with Crippen LogP contribution >= 0.6 is 0 Å². The smallest absolute Gasteiger partial charge is 0.330 e. The van der Waals surface area contributed by atoms with Crippen LogP contribution in [0.4, 0.5) is 11.5 Å². The van der Waals surface area contributed by atoms with Crippen LogP contribution in [0.15, 0.2) is 69.1 Å². The van der Waals surface area contributed by atoms with Crippen molar-refractivity contribution in [3.63, 3.8) is 0 Å². The topological polar surface area (TPSA) is 141 Å². The van der Waals surface area contributed by atoms with Crippen LogP contribution in [0.2, 0.25) is 0 Å². The zero-order chi connectivity index (χ0) is 25.7. The van der Waals surface area contributed by atoms with Crippen molar-refractivity contribution in [2.45, 2.75) is 39.5 Å². The van der Waals surface area contributed by atoms with Gasteiger partial charge in [0.1, 0.15) is 29.8 Å². The minimum atomic E-state index is -0.750. The number of nitrogens with one attached hydrogen (secondary N) is 1. The molecule has 0 aliphatic heterocycles. The second-order valence-electron chi connectivity index (χ2n) is 8.24. The highest BCUT2D eigenvalue weighted by atomic mass is 16.5. The van der Waals surface area contributed by atoms with Gasteiger partial charge < -0.3 is 19.5 Å². The first kappa shape index (κ1) is 24.6. The number of imidazole rings is 1. The Morgan fingerprint density at radius 3 is 2.64 bits per heavy atom. The average molecular weight is 493 g/mol. The van der Waals surface area contributed by atoms with E-state index in [4.69, 9.17) is 14.9 Å². The first-order valence-corrected chi connectivity index (χ1v) is 11.5. The summed E-state index contributed by atoms with van der Waals surface area (Å²) in [6.45, 7) is 2.51. The maximum atomic E-state index is 13.6. The lowest BCUT2D eigenvalue weighted by Crippen LogP contribution is -2.41. The summed E-state index contributed by atoms with van der Waals surface area (Å²) < 4.78 is 14.3. The molecule has 0 fully saturated rings. The third-order valence-electron chi connectivity index (χ3n) is 5.75. The molecule has 0 aliphatic rings. The number of carbonyl (C=O) groups is 1. The number of nitrogens with zero attached hydrogens (tertiary/aromatic N) is 4. The molecule has 36 heavy (non-hydrogen) atoms. The molecular formula is C25H28N6O5. The monoisotopic (exact) mass is 492 g/mol. The number of aromatic nitrogens is 4. The number of nitrogens with two attached hydrogens (primary N) is 1. The molecule has 11 nitrogen and oxygen atoms in total. The number of ether oxygens (including phenoxy) is 1. The van der Waals surface area contributed by atoms with Gasteiger partial charge in [-0.3, -0.25) is 24.0 Å². The van der Waals surface area contributed by atoms with Crippen molar-refractivity contribution < 1.29 is 13.9 Å². The van der Waals surface area contributed by atoms with Gasteiger partial charge in [-0.2, -0.15) is 0 Å². The predicted octanol–water partition coefficient (Wildman–Crippen LogP) is 2.67. The summed E-state index contributed by atoms with van der Waals surface area (Å²) >= 11 is 0. The van der Waals surface area contributed by atoms with Crippen LogP contribution < -0.4 is 26.6 Å². The molecule has 1 aromatic carbocycles. The lowest BCUT2D eigenvalue weighted by atomic mass is 10.1. The number of aryl methyl sites for hydroxylation is 1. The van der Waals surface area contributed by atoms with E-state index < -0.39 is 17.2 Å². The Labute approximate surface area is 206 Å². The number of H-pyrrole nitrogens is 1. The lowest BCUT2D eigenvalue weighted by Gasteiger charge is -2.24. The van der Waals surface area contributed by atoms with Crippen molar-refractivity contribution in [1.82, 2.24) is 19.1 Å². The van der Waals surface area contributed by atoms with Gasteiger partial charge in [0.05, 0.1) is 12.8 Å². The molecule has 11 heteroatoms. The van der Waals surface area contributed by atoms with E-state index in [9.17, 15) is 14.4 Å². The molecule has 4 aromatic rings. The van der Waals surface area contributed by atoms with E-state index in [-0.39, 0.29) is 24.7 Å². The second-order valence-corrected chi connectivity index (χ2v) is 8.24. The molecule has 3 aromatic heterocycles. The standard InChI is InChI=1S/C25H28N6O5/c1-3-4-12-30-22(26)21(23(32)28-25(30)34)31(15-19-6-5-14-35-19)24(33)17-7-9-18(10-8-17)36-16-20-27-11-13-29(20)2/h5-11,13-14H,3-4,12,15-16,26H2,1-2H3,(H,28,32,34). The van der Waals surface area contributed by atoms with E-state index in [1.807, 2.05) is 24.7 Å². The van der Waals surface area contributed by atoms with E-state index in [1.165, 1.54) is 15.7 Å². The maximum Gasteiger partial charge on any atom is 0.330 e. The Morgan fingerprint density at radius 2 is 2.00 bits per heavy atom. The highest BCUT2D eigenvalue weighted by molar-refractivity contribution is 6.07. The Hall–Kier alpha value is -4.54. The summed E-state index contributed by atoms with van der Waals surface area (Å²) in [4.78, 5) is 46.6. The molecule has 3 N–H and O–H groups in total. The summed E-state index contributed by atoms with van der Waals surface area (Å²) in [5, 5.41) is 0. The normalized spacial score (nSPS) is 10.9. The molecule has 3 heterocycles. The van der Waals surface area contributed by atoms with E-state index in [2.05, 4.69) is 9.97 Å². The Balaban J connectivity index is 1.65. The summed E-state index contributed by atoms with van der Waals surface area (Å²) in [5.41, 5.74) is 5.11. The van der Waals surface area contributed by atoms with Crippen molar-refractivity contribution in [2.24, 2.45) is 7.05 Å².